The molecular formula is C29H33FN8O2. The Labute approximate surface area is 231 Å². The monoisotopic (exact) mass is 544 g/mol. The van der Waals surface area contributed by atoms with Crippen molar-refractivity contribution in [3.8, 4) is 5.82 Å². The normalized spacial score (nSPS) is 19.1. The topological polar surface area (TPSA) is 104 Å². The number of nitrogens with zero attached hydrogens (tertiary/aromatic N) is 7. The Kier molecular flexibility index (Phi) is 6.63. The summed E-state index contributed by atoms with van der Waals surface area (Å²) in [6.45, 7) is 9.41. The summed E-state index contributed by atoms with van der Waals surface area (Å²) >= 11 is 0. The molecule has 2 aliphatic rings. The fourth-order valence-electron chi connectivity index (χ4n) is 5.80. The highest BCUT2D eigenvalue weighted by Crippen LogP contribution is 2.35. The molecule has 40 heavy (non-hydrogen) atoms. The van der Waals surface area contributed by atoms with Crippen molar-refractivity contribution in [1.82, 2.24) is 29.2 Å². The van der Waals surface area contributed by atoms with Crippen molar-refractivity contribution in [3.05, 3.63) is 77.4 Å². The van der Waals surface area contributed by atoms with Gasteiger partial charge in [-0.05, 0) is 56.7 Å². The molecule has 0 unspecified atom stereocenters. The molecule has 2 bridgehead atoms. The minimum atomic E-state index is -1.15. The number of hydrogen-bond donors (Lipinski definition) is 2. The first-order valence-corrected chi connectivity index (χ1v) is 13.5. The smallest absolute Gasteiger partial charge is 0.278 e. The van der Waals surface area contributed by atoms with E-state index in [1.54, 1.807) is 42.8 Å². The van der Waals surface area contributed by atoms with Gasteiger partial charge in [0.1, 0.15) is 17.7 Å². The van der Waals surface area contributed by atoms with Crippen LogP contribution in [0.15, 0.2) is 66.1 Å². The summed E-state index contributed by atoms with van der Waals surface area (Å²) in [5, 5.41) is 14.1. The highest BCUT2D eigenvalue weighted by molar-refractivity contribution is 5.77. The molecule has 0 saturated carbocycles. The summed E-state index contributed by atoms with van der Waals surface area (Å²) in [6, 6.07) is 14.2. The fraction of sp³-hybridized carbons (Fsp3) is 0.379. The van der Waals surface area contributed by atoms with E-state index in [1.165, 1.54) is 10.9 Å². The molecule has 3 aromatic heterocycles. The van der Waals surface area contributed by atoms with Crippen LogP contribution < -0.4 is 15.8 Å². The minimum Gasteiger partial charge on any atom is -0.384 e. The quantitative estimate of drug-likeness (QED) is 0.309. The summed E-state index contributed by atoms with van der Waals surface area (Å²) < 4.78 is 16.0. The Balaban J connectivity index is 1.29. The van der Waals surface area contributed by atoms with Gasteiger partial charge in [-0.15, -0.1) is 6.58 Å². The molecule has 2 fully saturated rings. The maximum absolute atomic E-state index is 13.2. The standard InChI is InChI=1S/C29H33FN8O2/c1-4-13-37-27(39)23-16-31-28(34-26(23)38(37)25-7-5-6-24(33-25)29(2,3)40)32-19-8-10-20(11-9-19)36-18-21-15-22(36)17-35(21)14-12-30/h4-11,16,21-22,40H,1,12-15,17-18H2,2-3H3,(H,31,32,34)/t21-,22-/m0/s1. The summed E-state index contributed by atoms with van der Waals surface area (Å²) in [4.78, 5) is 31.6. The molecule has 10 nitrogen and oxygen atoms in total. The molecule has 0 aliphatic carbocycles. The molecule has 2 N–H and O–H groups in total. The van der Waals surface area contributed by atoms with Gasteiger partial charge in [0, 0.05) is 49.3 Å². The number of hydrogen-bond acceptors (Lipinski definition) is 8. The van der Waals surface area contributed by atoms with Crippen LogP contribution in [0, 0.1) is 0 Å². The number of fused-ring (bicyclic) bond motifs is 3. The van der Waals surface area contributed by atoms with Crippen molar-refractivity contribution < 1.29 is 9.50 Å². The predicted octanol–water partition coefficient (Wildman–Crippen LogP) is 3.37. The SMILES string of the molecule is C=CCn1c(=O)c2cnc(Nc3ccc(N4C[C@@H]5C[C@H]4CN5CCF)cc3)nc2n1-c1cccc(C(C)(C)O)n1. The van der Waals surface area contributed by atoms with Crippen LogP contribution in [0.2, 0.25) is 0 Å². The Morgan fingerprint density at radius 3 is 2.62 bits per heavy atom. The number of piperazine rings is 1. The molecule has 4 aromatic rings. The van der Waals surface area contributed by atoms with E-state index < -0.39 is 5.60 Å². The number of allylic oxidation sites excluding steroid dienone is 1. The summed E-state index contributed by atoms with van der Waals surface area (Å²) in [5.41, 5.74) is 1.41. The second-order valence-corrected chi connectivity index (χ2v) is 10.9. The first-order chi connectivity index (χ1) is 19.3. The average Bonchev–Trinajstić information content (AvgIpc) is 3.61. The molecule has 2 atom stereocenters. The average molecular weight is 545 g/mol. The van der Waals surface area contributed by atoms with E-state index in [1.807, 2.05) is 12.1 Å². The van der Waals surface area contributed by atoms with Crippen molar-refractivity contribution in [2.45, 2.75) is 44.5 Å². The number of pyridine rings is 1. The molecule has 0 radical (unpaired) electrons. The Hall–Kier alpha value is -4.09. The van der Waals surface area contributed by atoms with Crippen LogP contribution in [-0.4, -0.2) is 72.7 Å². The zero-order valence-electron chi connectivity index (χ0n) is 22.7. The Morgan fingerprint density at radius 2 is 1.95 bits per heavy atom. The number of rotatable bonds is 9. The molecular weight excluding hydrogens is 511 g/mol. The van der Waals surface area contributed by atoms with Gasteiger partial charge in [0.15, 0.2) is 11.5 Å². The maximum Gasteiger partial charge on any atom is 0.278 e. The van der Waals surface area contributed by atoms with Gasteiger partial charge in [0.2, 0.25) is 5.95 Å². The van der Waals surface area contributed by atoms with E-state index in [-0.39, 0.29) is 18.8 Å². The van der Waals surface area contributed by atoms with Crippen molar-refractivity contribution in [2.75, 3.05) is 36.5 Å². The highest BCUT2D eigenvalue weighted by Gasteiger charge is 2.42. The van der Waals surface area contributed by atoms with E-state index in [0.29, 0.717) is 47.1 Å². The number of anilines is 3. The van der Waals surface area contributed by atoms with Crippen LogP contribution in [0.5, 0.6) is 0 Å². The third-order valence-corrected chi connectivity index (χ3v) is 7.74. The number of alkyl halides is 1. The van der Waals surface area contributed by atoms with E-state index in [0.717, 1.165) is 30.9 Å². The zero-order chi connectivity index (χ0) is 28.0. The third kappa shape index (κ3) is 4.65. The van der Waals surface area contributed by atoms with Crippen LogP contribution in [0.4, 0.5) is 21.7 Å². The fourth-order valence-corrected chi connectivity index (χ4v) is 5.80. The molecule has 2 saturated heterocycles. The van der Waals surface area contributed by atoms with Gasteiger partial charge in [-0.3, -0.25) is 9.69 Å². The van der Waals surface area contributed by atoms with Crippen molar-refractivity contribution >= 4 is 28.4 Å². The largest absolute Gasteiger partial charge is 0.384 e. The van der Waals surface area contributed by atoms with Gasteiger partial charge in [-0.2, -0.15) is 4.98 Å². The summed E-state index contributed by atoms with van der Waals surface area (Å²) in [5.74, 6) is 0.790. The molecule has 0 amide bonds. The molecule has 5 heterocycles. The molecule has 6 rings (SSSR count). The van der Waals surface area contributed by atoms with Gasteiger partial charge in [0.05, 0.1) is 12.2 Å². The molecule has 0 spiro atoms. The number of halogens is 1. The van der Waals surface area contributed by atoms with Gasteiger partial charge in [-0.1, -0.05) is 12.1 Å². The van der Waals surface area contributed by atoms with Crippen molar-refractivity contribution in [1.29, 1.82) is 0 Å². The van der Waals surface area contributed by atoms with E-state index >= 15 is 0 Å². The molecule has 1 aromatic carbocycles. The Morgan fingerprint density at radius 1 is 1.15 bits per heavy atom. The number of nitrogens with one attached hydrogen (secondary N) is 1. The lowest BCUT2D eigenvalue weighted by atomic mass is 10.1. The van der Waals surface area contributed by atoms with Gasteiger partial charge >= 0.3 is 0 Å². The number of benzene rings is 1. The van der Waals surface area contributed by atoms with Crippen LogP contribution in [0.1, 0.15) is 26.0 Å². The zero-order valence-corrected chi connectivity index (χ0v) is 22.7. The van der Waals surface area contributed by atoms with Crippen LogP contribution in [-0.2, 0) is 12.1 Å². The van der Waals surface area contributed by atoms with Crippen LogP contribution in [0.25, 0.3) is 16.9 Å². The minimum absolute atomic E-state index is 0.248. The lowest BCUT2D eigenvalue weighted by Crippen LogP contribution is -2.47. The summed E-state index contributed by atoms with van der Waals surface area (Å²) in [6.07, 6.45) is 4.23. The maximum atomic E-state index is 13.2. The number of aromatic nitrogens is 5. The number of aliphatic hydroxyl groups is 1. The van der Waals surface area contributed by atoms with Crippen molar-refractivity contribution in [2.24, 2.45) is 0 Å². The van der Waals surface area contributed by atoms with Gasteiger partial charge in [-0.25, -0.2) is 23.7 Å². The van der Waals surface area contributed by atoms with Crippen LogP contribution >= 0.6 is 0 Å². The van der Waals surface area contributed by atoms with E-state index in [2.05, 4.69) is 43.8 Å². The lowest BCUT2D eigenvalue weighted by molar-refractivity contribution is 0.0738. The summed E-state index contributed by atoms with van der Waals surface area (Å²) in [7, 11) is 0. The van der Waals surface area contributed by atoms with E-state index in [9.17, 15) is 14.3 Å². The predicted molar refractivity (Wildman–Crippen MR) is 153 cm³/mol. The second kappa shape index (κ2) is 10.1. The third-order valence-electron chi connectivity index (χ3n) is 7.74. The molecule has 2 aliphatic heterocycles. The lowest BCUT2D eigenvalue weighted by Gasteiger charge is -2.35. The Bertz CT molecular complexity index is 1610. The van der Waals surface area contributed by atoms with Crippen LogP contribution in [0.3, 0.4) is 0 Å². The first kappa shape index (κ1) is 26.1. The highest BCUT2D eigenvalue weighted by atomic mass is 19.1. The second-order valence-electron chi connectivity index (χ2n) is 10.9. The van der Waals surface area contributed by atoms with E-state index in [4.69, 9.17) is 4.98 Å². The number of likely N-dealkylation sites (tertiary alicyclic amines) is 1. The van der Waals surface area contributed by atoms with Gasteiger partial charge in [0.25, 0.3) is 5.56 Å². The molecule has 208 valence electrons. The first-order valence-electron chi connectivity index (χ1n) is 13.5. The van der Waals surface area contributed by atoms with Gasteiger partial charge < -0.3 is 15.3 Å². The molecule has 11 heteroatoms. The van der Waals surface area contributed by atoms with Crippen molar-refractivity contribution in [3.63, 3.8) is 0 Å².